The molecule has 0 fully saturated rings. The predicted octanol–water partition coefficient (Wildman–Crippen LogP) is 2.26. The number of carbonyl (C=O) groups excluding carboxylic acids is 1. The molecule has 0 aromatic carbocycles. The SMILES string of the molecule is CN(C)C(=O)C1CCCc2sccc21. The Morgan fingerprint density at radius 2 is 2.36 bits per heavy atom. The third-order valence-corrected chi connectivity index (χ3v) is 3.79. The Labute approximate surface area is 88.5 Å². The molecule has 14 heavy (non-hydrogen) atoms. The van der Waals surface area contributed by atoms with Crippen LogP contribution in [0.1, 0.15) is 29.2 Å². The van der Waals surface area contributed by atoms with Crippen molar-refractivity contribution in [1.29, 1.82) is 0 Å². The van der Waals surface area contributed by atoms with Gasteiger partial charge in [-0.15, -0.1) is 11.3 Å². The monoisotopic (exact) mass is 209 g/mol. The second kappa shape index (κ2) is 3.73. The lowest BCUT2D eigenvalue weighted by Gasteiger charge is -2.24. The lowest BCUT2D eigenvalue weighted by atomic mass is 9.87. The minimum Gasteiger partial charge on any atom is -0.348 e. The van der Waals surface area contributed by atoms with Crippen LogP contribution in [0.15, 0.2) is 11.4 Å². The molecule has 1 heterocycles. The Morgan fingerprint density at radius 1 is 1.57 bits per heavy atom. The molecule has 0 saturated heterocycles. The van der Waals surface area contributed by atoms with Gasteiger partial charge in [0.1, 0.15) is 0 Å². The van der Waals surface area contributed by atoms with E-state index in [-0.39, 0.29) is 11.8 Å². The molecule has 0 radical (unpaired) electrons. The molecule has 1 aromatic heterocycles. The van der Waals surface area contributed by atoms with Crippen LogP contribution in [0.25, 0.3) is 0 Å². The van der Waals surface area contributed by atoms with Crippen LogP contribution in [0, 0.1) is 0 Å². The fourth-order valence-electron chi connectivity index (χ4n) is 2.05. The molecule has 0 bridgehead atoms. The third-order valence-electron chi connectivity index (χ3n) is 2.79. The number of hydrogen-bond donors (Lipinski definition) is 0. The van der Waals surface area contributed by atoms with E-state index in [1.165, 1.54) is 10.4 Å². The van der Waals surface area contributed by atoms with E-state index in [4.69, 9.17) is 0 Å². The standard InChI is InChI=1S/C11H15NOS/c1-12(2)11(13)9-4-3-5-10-8(9)6-7-14-10/h6-7,9H,3-5H2,1-2H3. The van der Waals surface area contributed by atoms with Crippen molar-refractivity contribution in [3.05, 3.63) is 21.9 Å². The predicted molar refractivity (Wildman–Crippen MR) is 58.7 cm³/mol. The second-order valence-corrected chi connectivity index (χ2v) is 4.98. The third kappa shape index (κ3) is 1.57. The Balaban J connectivity index is 2.28. The molecule has 76 valence electrons. The molecule has 1 aromatic rings. The summed E-state index contributed by atoms with van der Waals surface area (Å²) in [5.41, 5.74) is 1.28. The number of carbonyl (C=O) groups is 1. The second-order valence-electron chi connectivity index (χ2n) is 3.98. The number of nitrogens with zero attached hydrogens (tertiary/aromatic N) is 1. The normalized spacial score (nSPS) is 20.3. The van der Waals surface area contributed by atoms with Crippen molar-refractivity contribution >= 4 is 17.2 Å². The summed E-state index contributed by atoms with van der Waals surface area (Å²) in [5.74, 6) is 0.379. The summed E-state index contributed by atoms with van der Waals surface area (Å²) in [6.45, 7) is 0. The maximum atomic E-state index is 11.9. The highest BCUT2D eigenvalue weighted by atomic mass is 32.1. The van der Waals surface area contributed by atoms with Gasteiger partial charge in [-0.05, 0) is 36.3 Å². The number of likely N-dealkylation sites (N-methyl/N-ethyl adjacent to an activating group) is 1. The van der Waals surface area contributed by atoms with E-state index < -0.39 is 0 Å². The first-order chi connectivity index (χ1) is 6.70. The summed E-state index contributed by atoms with van der Waals surface area (Å²) >= 11 is 1.79. The highest BCUT2D eigenvalue weighted by Crippen LogP contribution is 2.35. The summed E-state index contributed by atoms with van der Waals surface area (Å²) in [5, 5.41) is 2.10. The lowest BCUT2D eigenvalue weighted by Crippen LogP contribution is -2.29. The summed E-state index contributed by atoms with van der Waals surface area (Å²) in [6, 6.07) is 2.12. The Hall–Kier alpha value is -0.830. The van der Waals surface area contributed by atoms with Gasteiger partial charge in [0, 0.05) is 19.0 Å². The summed E-state index contributed by atoms with van der Waals surface area (Å²) in [4.78, 5) is 15.0. The summed E-state index contributed by atoms with van der Waals surface area (Å²) in [7, 11) is 3.67. The van der Waals surface area contributed by atoms with Crippen LogP contribution in [-0.4, -0.2) is 24.9 Å². The van der Waals surface area contributed by atoms with E-state index in [1.54, 1.807) is 16.2 Å². The van der Waals surface area contributed by atoms with E-state index in [0.717, 1.165) is 19.3 Å². The number of hydrogen-bond acceptors (Lipinski definition) is 2. The summed E-state index contributed by atoms with van der Waals surface area (Å²) < 4.78 is 0. The van der Waals surface area contributed by atoms with Crippen molar-refractivity contribution in [1.82, 2.24) is 4.90 Å². The van der Waals surface area contributed by atoms with Crippen LogP contribution < -0.4 is 0 Å². The zero-order chi connectivity index (χ0) is 10.1. The molecule has 1 aliphatic carbocycles. The maximum absolute atomic E-state index is 11.9. The van der Waals surface area contributed by atoms with Crippen molar-refractivity contribution in [3.63, 3.8) is 0 Å². The molecule has 2 rings (SSSR count). The van der Waals surface area contributed by atoms with Crippen molar-refractivity contribution in [3.8, 4) is 0 Å². The average Bonchev–Trinajstić information content (AvgIpc) is 2.63. The number of amides is 1. The Morgan fingerprint density at radius 3 is 3.07 bits per heavy atom. The molecular weight excluding hydrogens is 194 g/mol. The van der Waals surface area contributed by atoms with Crippen LogP contribution in [0.4, 0.5) is 0 Å². The van der Waals surface area contributed by atoms with Gasteiger partial charge in [-0.1, -0.05) is 0 Å². The molecule has 0 aliphatic heterocycles. The number of rotatable bonds is 1. The van der Waals surface area contributed by atoms with Gasteiger partial charge in [-0.25, -0.2) is 0 Å². The van der Waals surface area contributed by atoms with Crippen molar-refractivity contribution in [2.75, 3.05) is 14.1 Å². The molecule has 1 unspecified atom stereocenters. The largest absolute Gasteiger partial charge is 0.348 e. The minimum atomic E-state index is 0.125. The van der Waals surface area contributed by atoms with Gasteiger partial charge in [-0.3, -0.25) is 4.79 Å². The molecule has 0 spiro atoms. The number of fused-ring (bicyclic) bond motifs is 1. The van der Waals surface area contributed by atoms with Crippen LogP contribution in [0.5, 0.6) is 0 Å². The zero-order valence-electron chi connectivity index (χ0n) is 8.62. The lowest BCUT2D eigenvalue weighted by molar-refractivity contribution is -0.130. The quantitative estimate of drug-likeness (QED) is 0.694. The average molecular weight is 209 g/mol. The molecule has 2 nitrogen and oxygen atoms in total. The highest BCUT2D eigenvalue weighted by molar-refractivity contribution is 7.10. The van der Waals surface area contributed by atoms with E-state index >= 15 is 0 Å². The van der Waals surface area contributed by atoms with E-state index in [1.807, 2.05) is 14.1 Å². The van der Waals surface area contributed by atoms with Gasteiger partial charge in [0.2, 0.25) is 5.91 Å². The molecule has 1 atom stereocenters. The van der Waals surface area contributed by atoms with E-state index in [9.17, 15) is 4.79 Å². The van der Waals surface area contributed by atoms with Gasteiger partial charge in [-0.2, -0.15) is 0 Å². The van der Waals surface area contributed by atoms with Gasteiger partial charge in [0.05, 0.1) is 5.92 Å². The van der Waals surface area contributed by atoms with Gasteiger partial charge in [0.25, 0.3) is 0 Å². The molecule has 3 heteroatoms. The van der Waals surface area contributed by atoms with Crippen molar-refractivity contribution in [2.24, 2.45) is 0 Å². The topological polar surface area (TPSA) is 20.3 Å². The van der Waals surface area contributed by atoms with Crippen molar-refractivity contribution < 1.29 is 4.79 Å². The maximum Gasteiger partial charge on any atom is 0.229 e. The Bertz CT molecular complexity index is 343. The van der Waals surface area contributed by atoms with Crippen LogP contribution >= 0.6 is 11.3 Å². The first-order valence-electron chi connectivity index (χ1n) is 4.97. The summed E-state index contributed by atoms with van der Waals surface area (Å²) in [6.07, 6.45) is 3.32. The van der Waals surface area contributed by atoms with E-state index in [2.05, 4.69) is 11.4 Å². The number of thiophene rings is 1. The fourth-order valence-corrected chi connectivity index (χ4v) is 3.04. The highest BCUT2D eigenvalue weighted by Gasteiger charge is 2.27. The molecule has 0 N–H and O–H groups in total. The first kappa shape index (κ1) is 9.71. The van der Waals surface area contributed by atoms with Gasteiger partial charge < -0.3 is 4.90 Å². The van der Waals surface area contributed by atoms with Gasteiger partial charge >= 0.3 is 0 Å². The smallest absolute Gasteiger partial charge is 0.229 e. The van der Waals surface area contributed by atoms with Crippen LogP contribution in [-0.2, 0) is 11.2 Å². The minimum absolute atomic E-state index is 0.125. The van der Waals surface area contributed by atoms with Gasteiger partial charge in [0.15, 0.2) is 0 Å². The molecule has 1 amide bonds. The Kier molecular flexibility index (Phi) is 2.59. The number of aryl methyl sites for hydroxylation is 1. The molecule has 1 aliphatic rings. The van der Waals surface area contributed by atoms with Crippen LogP contribution in [0.3, 0.4) is 0 Å². The molecule has 0 saturated carbocycles. The fraction of sp³-hybridized carbons (Fsp3) is 0.545. The van der Waals surface area contributed by atoms with Crippen LogP contribution in [0.2, 0.25) is 0 Å². The zero-order valence-corrected chi connectivity index (χ0v) is 9.43. The van der Waals surface area contributed by atoms with Crippen molar-refractivity contribution in [2.45, 2.75) is 25.2 Å². The van der Waals surface area contributed by atoms with E-state index in [0.29, 0.717) is 0 Å². The molecular formula is C11H15NOS. The first-order valence-corrected chi connectivity index (χ1v) is 5.85.